The average Bonchev–Trinajstić information content (AvgIpc) is 3.13. The highest BCUT2D eigenvalue weighted by molar-refractivity contribution is 6.51. The van der Waals surface area contributed by atoms with Crippen molar-refractivity contribution in [3.05, 3.63) is 89.5 Å². The highest BCUT2D eigenvalue weighted by Crippen LogP contribution is 2.44. The minimum Gasteiger partial charge on any atom is -0.507 e. The van der Waals surface area contributed by atoms with E-state index in [9.17, 15) is 14.7 Å². The summed E-state index contributed by atoms with van der Waals surface area (Å²) in [5.41, 5.74) is 1.46. The van der Waals surface area contributed by atoms with Crippen molar-refractivity contribution in [2.24, 2.45) is 0 Å². The second-order valence-corrected chi connectivity index (χ2v) is 7.35. The third-order valence-corrected chi connectivity index (χ3v) is 5.55. The number of carbonyl (C=O) groups excluding carboxylic acids is 2. The summed E-state index contributed by atoms with van der Waals surface area (Å²) >= 11 is 0. The van der Waals surface area contributed by atoms with E-state index in [0.29, 0.717) is 34.1 Å². The Morgan fingerprint density at radius 1 is 0.818 bits per heavy atom. The zero-order valence-corrected chi connectivity index (χ0v) is 18.4. The first-order valence-electron chi connectivity index (χ1n) is 10.2. The third-order valence-electron chi connectivity index (χ3n) is 5.55. The fourth-order valence-corrected chi connectivity index (χ4v) is 3.95. The van der Waals surface area contributed by atoms with E-state index in [4.69, 9.17) is 14.2 Å². The predicted octanol–water partition coefficient (Wildman–Crippen LogP) is 4.34. The molecule has 3 aromatic rings. The van der Waals surface area contributed by atoms with Crippen molar-refractivity contribution in [2.75, 3.05) is 26.2 Å². The van der Waals surface area contributed by atoms with Gasteiger partial charge in [-0.15, -0.1) is 0 Å². The Hall–Kier alpha value is -4.26. The van der Waals surface area contributed by atoms with Gasteiger partial charge in [0.15, 0.2) is 11.5 Å². The number of aliphatic hydroxyl groups is 1. The summed E-state index contributed by atoms with van der Waals surface area (Å²) in [5, 5.41) is 11.1. The highest BCUT2D eigenvalue weighted by Gasteiger charge is 2.47. The quantitative estimate of drug-likeness (QED) is 0.345. The molecule has 0 unspecified atom stereocenters. The lowest BCUT2D eigenvalue weighted by Gasteiger charge is -2.26. The van der Waals surface area contributed by atoms with Gasteiger partial charge in [-0.2, -0.15) is 0 Å². The largest absolute Gasteiger partial charge is 0.507 e. The fourth-order valence-electron chi connectivity index (χ4n) is 3.95. The molecule has 7 nitrogen and oxygen atoms in total. The van der Waals surface area contributed by atoms with Crippen LogP contribution in [0.1, 0.15) is 17.2 Å². The SMILES string of the molecule is COc1cccc(N2C(=O)C(=O)C(=C(O)c3ccccc3)[C@@H]2c2ccc(OC)c(OC)c2)c1. The van der Waals surface area contributed by atoms with Gasteiger partial charge in [-0.1, -0.05) is 42.5 Å². The second kappa shape index (κ2) is 9.08. The molecular formula is C26H23NO6. The molecule has 1 N–H and O–H groups in total. The number of rotatable bonds is 6. The summed E-state index contributed by atoms with van der Waals surface area (Å²) in [7, 11) is 4.55. The lowest BCUT2D eigenvalue weighted by molar-refractivity contribution is -0.132. The monoisotopic (exact) mass is 445 g/mol. The Morgan fingerprint density at radius 2 is 1.55 bits per heavy atom. The number of methoxy groups -OCH3 is 3. The van der Waals surface area contributed by atoms with Gasteiger partial charge in [-0.25, -0.2) is 0 Å². The van der Waals surface area contributed by atoms with Crippen LogP contribution in [0.4, 0.5) is 5.69 Å². The topological polar surface area (TPSA) is 85.3 Å². The second-order valence-electron chi connectivity index (χ2n) is 7.35. The molecule has 0 radical (unpaired) electrons. The normalized spacial score (nSPS) is 17.2. The molecule has 3 aromatic carbocycles. The van der Waals surface area contributed by atoms with Crippen LogP contribution in [0.15, 0.2) is 78.4 Å². The molecule has 1 amide bonds. The number of Topliss-reactive ketones (excluding diaryl/α,β-unsaturated/α-hetero) is 1. The first kappa shape index (κ1) is 22.0. The Bertz CT molecular complexity index is 1230. The van der Waals surface area contributed by atoms with E-state index in [0.717, 1.165) is 0 Å². The number of ketones is 1. The standard InChI is InChI=1S/C26H23NO6/c1-31-19-11-7-10-18(15-19)27-23(17-12-13-20(32-2)21(14-17)33-3)22(25(29)26(27)30)24(28)16-8-5-4-6-9-16/h4-15,23,28H,1-3H3/t23-/m0/s1. The first-order valence-corrected chi connectivity index (χ1v) is 10.2. The summed E-state index contributed by atoms with van der Waals surface area (Å²) in [6.07, 6.45) is 0. The van der Waals surface area contributed by atoms with Gasteiger partial charge in [-0.05, 0) is 29.8 Å². The summed E-state index contributed by atoms with van der Waals surface area (Å²) < 4.78 is 16.1. The van der Waals surface area contributed by atoms with Crippen molar-refractivity contribution in [1.82, 2.24) is 0 Å². The lowest BCUT2D eigenvalue weighted by atomic mass is 9.94. The summed E-state index contributed by atoms with van der Waals surface area (Å²) in [5.74, 6) is -0.310. The molecule has 33 heavy (non-hydrogen) atoms. The zero-order chi connectivity index (χ0) is 23.5. The van der Waals surface area contributed by atoms with Gasteiger partial charge >= 0.3 is 0 Å². The maximum absolute atomic E-state index is 13.2. The van der Waals surface area contributed by atoms with Crippen LogP contribution in [-0.4, -0.2) is 38.1 Å². The van der Waals surface area contributed by atoms with Crippen molar-refractivity contribution in [3.8, 4) is 17.2 Å². The number of hydrogen-bond donors (Lipinski definition) is 1. The molecule has 1 aliphatic heterocycles. The van der Waals surface area contributed by atoms with Gasteiger partial charge < -0.3 is 19.3 Å². The van der Waals surface area contributed by atoms with Crippen molar-refractivity contribution in [2.45, 2.75) is 6.04 Å². The summed E-state index contributed by atoms with van der Waals surface area (Å²) in [4.78, 5) is 27.8. The van der Waals surface area contributed by atoms with Crippen LogP contribution >= 0.6 is 0 Å². The Labute approximate surface area is 191 Å². The van der Waals surface area contributed by atoms with E-state index >= 15 is 0 Å². The molecule has 0 bridgehead atoms. The predicted molar refractivity (Wildman–Crippen MR) is 124 cm³/mol. The zero-order valence-electron chi connectivity index (χ0n) is 18.4. The average molecular weight is 445 g/mol. The number of benzene rings is 3. The Balaban J connectivity index is 1.97. The van der Waals surface area contributed by atoms with Crippen LogP contribution in [-0.2, 0) is 9.59 Å². The number of carbonyl (C=O) groups is 2. The van der Waals surface area contributed by atoms with Crippen molar-refractivity contribution >= 4 is 23.1 Å². The highest BCUT2D eigenvalue weighted by atomic mass is 16.5. The molecular weight excluding hydrogens is 422 g/mol. The number of ether oxygens (including phenoxy) is 3. The molecule has 0 aromatic heterocycles. The van der Waals surface area contributed by atoms with Crippen molar-refractivity contribution in [3.63, 3.8) is 0 Å². The molecule has 0 spiro atoms. The van der Waals surface area contributed by atoms with Crippen LogP contribution in [0, 0.1) is 0 Å². The Morgan fingerprint density at radius 3 is 2.21 bits per heavy atom. The smallest absolute Gasteiger partial charge is 0.300 e. The van der Waals surface area contributed by atoms with Gasteiger partial charge in [0.1, 0.15) is 11.5 Å². The molecule has 4 rings (SSSR count). The third kappa shape index (κ3) is 3.89. The molecule has 7 heteroatoms. The van der Waals surface area contributed by atoms with E-state index in [2.05, 4.69) is 0 Å². The minimum atomic E-state index is -0.892. The summed E-state index contributed by atoms with van der Waals surface area (Å²) in [6, 6.07) is 19.8. The summed E-state index contributed by atoms with van der Waals surface area (Å²) in [6.45, 7) is 0. The molecule has 1 heterocycles. The lowest BCUT2D eigenvalue weighted by Crippen LogP contribution is -2.29. The van der Waals surface area contributed by atoms with E-state index in [1.807, 2.05) is 0 Å². The van der Waals surface area contributed by atoms with E-state index < -0.39 is 17.7 Å². The molecule has 1 atom stereocenters. The number of anilines is 1. The van der Waals surface area contributed by atoms with Gasteiger partial charge in [0.25, 0.3) is 11.7 Å². The molecule has 1 fully saturated rings. The molecule has 0 aliphatic carbocycles. The Kier molecular flexibility index (Phi) is 6.04. The molecule has 168 valence electrons. The van der Waals surface area contributed by atoms with Gasteiger partial charge in [0, 0.05) is 17.3 Å². The molecule has 0 saturated carbocycles. The molecule has 1 saturated heterocycles. The van der Waals surface area contributed by atoms with Crippen LogP contribution < -0.4 is 19.1 Å². The number of aliphatic hydroxyl groups excluding tert-OH is 1. The fraction of sp³-hybridized carbons (Fsp3) is 0.154. The first-order chi connectivity index (χ1) is 16.0. The van der Waals surface area contributed by atoms with E-state index in [1.54, 1.807) is 72.8 Å². The van der Waals surface area contributed by atoms with Crippen LogP contribution in [0.3, 0.4) is 0 Å². The number of amides is 1. The minimum absolute atomic E-state index is 0.0127. The van der Waals surface area contributed by atoms with Crippen LogP contribution in [0.25, 0.3) is 5.76 Å². The maximum atomic E-state index is 13.2. The van der Waals surface area contributed by atoms with Crippen LogP contribution in [0.2, 0.25) is 0 Å². The number of nitrogens with zero attached hydrogens (tertiary/aromatic N) is 1. The number of hydrogen-bond acceptors (Lipinski definition) is 6. The van der Waals surface area contributed by atoms with Crippen LogP contribution in [0.5, 0.6) is 17.2 Å². The van der Waals surface area contributed by atoms with Gasteiger partial charge in [0.05, 0.1) is 32.9 Å². The van der Waals surface area contributed by atoms with Crippen molar-refractivity contribution < 1.29 is 28.9 Å². The maximum Gasteiger partial charge on any atom is 0.300 e. The van der Waals surface area contributed by atoms with E-state index in [-0.39, 0.29) is 11.3 Å². The van der Waals surface area contributed by atoms with Gasteiger partial charge in [0.2, 0.25) is 0 Å². The molecule has 1 aliphatic rings. The van der Waals surface area contributed by atoms with Gasteiger partial charge in [-0.3, -0.25) is 14.5 Å². The van der Waals surface area contributed by atoms with Crippen molar-refractivity contribution in [1.29, 1.82) is 0 Å². The van der Waals surface area contributed by atoms with E-state index in [1.165, 1.54) is 26.2 Å².